The minimum atomic E-state index is -0.0536. The fourth-order valence-corrected chi connectivity index (χ4v) is 3.88. The van der Waals surface area contributed by atoms with Crippen LogP contribution in [0.1, 0.15) is 19.4 Å². The van der Waals surface area contributed by atoms with Crippen molar-refractivity contribution in [3.8, 4) is 28.8 Å². The van der Waals surface area contributed by atoms with E-state index in [2.05, 4.69) is 45.0 Å². The molecule has 0 radical (unpaired) electrons. The lowest BCUT2D eigenvalue weighted by Gasteiger charge is -2.49. The van der Waals surface area contributed by atoms with Crippen LogP contribution in [0, 0.1) is 11.3 Å². The summed E-state index contributed by atoms with van der Waals surface area (Å²) in [4.78, 5) is 6.68. The first-order chi connectivity index (χ1) is 14.5. The highest BCUT2D eigenvalue weighted by Gasteiger charge is 2.39. The highest BCUT2D eigenvalue weighted by atomic mass is 16.5. The Hall–Kier alpha value is -3.73. The van der Waals surface area contributed by atoms with E-state index in [1.54, 1.807) is 19.5 Å². The van der Waals surface area contributed by atoms with Gasteiger partial charge in [-0.25, -0.2) is 4.98 Å². The summed E-state index contributed by atoms with van der Waals surface area (Å²) in [5, 5.41) is 21.3. The quantitative estimate of drug-likeness (QED) is 0.624. The van der Waals surface area contributed by atoms with Crippen LogP contribution in [0.15, 0.2) is 37.2 Å². The van der Waals surface area contributed by atoms with Gasteiger partial charge in [0.25, 0.3) is 0 Å². The topological polar surface area (TPSA) is 99.1 Å². The smallest absolute Gasteiger partial charge is 0.162 e. The Morgan fingerprint density at radius 3 is 2.83 bits per heavy atom. The Morgan fingerprint density at radius 1 is 1.37 bits per heavy atom. The van der Waals surface area contributed by atoms with Crippen LogP contribution < -0.4 is 19.7 Å². The van der Waals surface area contributed by atoms with E-state index in [0.717, 1.165) is 29.6 Å². The van der Waals surface area contributed by atoms with Gasteiger partial charge in [-0.1, -0.05) is 6.58 Å². The van der Waals surface area contributed by atoms with Crippen LogP contribution in [0.2, 0.25) is 0 Å². The number of nitriles is 1. The number of hydrogen-bond donors (Lipinski definition) is 2. The summed E-state index contributed by atoms with van der Waals surface area (Å²) in [6.07, 6.45) is 3.46. The van der Waals surface area contributed by atoms with E-state index >= 15 is 0 Å². The number of nitrogens with zero attached hydrogens (tertiary/aromatic N) is 4. The summed E-state index contributed by atoms with van der Waals surface area (Å²) in [6, 6.07) is 7.87. The number of hydrogen-bond acceptors (Lipinski definition) is 7. The predicted octanol–water partition coefficient (Wildman–Crippen LogP) is 3.22. The number of methoxy groups -OCH3 is 1. The van der Waals surface area contributed by atoms with E-state index in [1.807, 2.05) is 25.1 Å². The van der Waals surface area contributed by atoms with E-state index in [-0.39, 0.29) is 5.54 Å². The fourth-order valence-electron chi connectivity index (χ4n) is 3.88. The van der Waals surface area contributed by atoms with Crippen LogP contribution in [-0.4, -0.2) is 47.5 Å². The Bertz CT molecular complexity index is 1140. The largest absolute Gasteiger partial charge is 0.493 e. The molecule has 1 aliphatic rings. The highest BCUT2D eigenvalue weighted by molar-refractivity contribution is 5.95. The molecule has 1 aliphatic heterocycles. The van der Waals surface area contributed by atoms with E-state index in [9.17, 15) is 5.26 Å². The standard InChI is InChI=1S/C22H24N6O2/c1-5-25-22(3)12-28(13-22)21-14(10-23)7-15(11-24-21)20-16-8-19(30-6-2)18(29-4)9-17(16)26-27-20/h5,7-9,11,25H,1,6,12-13H2,2-4H3,(H,26,27). The zero-order valence-corrected chi connectivity index (χ0v) is 17.3. The number of ether oxygens (including phenoxy) is 2. The van der Waals surface area contributed by atoms with Gasteiger partial charge in [0.1, 0.15) is 17.6 Å². The molecular weight excluding hydrogens is 380 g/mol. The molecule has 0 saturated carbocycles. The molecule has 8 nitrogen and oxygen atoms in total. The molecule has 4 rings (SSSR count). The Kier molecular flexibility index (Phi) is 4.96. The molecule has 154 valence electrons. The van der Waals surface area contributed by atoms with Crippen molar-refractivity contribution in [1.82, 2.24) is 20.5 Å². The molecule has 8 heteroatoms. The van der Waals surface area contributed by atoms with Crippen molar-refractivity contribution in [1.29, 1.82) is 5.26 Å². The summed E-state index contributed by atoms with van der Waals surface area (Å²) in [7, 11) is 1.61. The molecule has 0 spiro atoms. The fraction of sp³-hybridized carbons (Fsp3) is 0.318. The summed E-state index contributed by atoms with van der Waals surface area (Å²) in [6.45, 7) is 9.80. The van der Waals surface area contributed by atoms with Gasteiger partial charge < -0.3 is 19.7 Å². The van der Waals surface area contributed by atoms with Crippen molar-refractivity contribution in [3.63, 3.8) is 0 Å². The van der Waals surface area contributed by atoms with Crippen molar-refractivity contribution in [2.75, 3.05) is 31.7 Å². The summed E-state index contributed by atoms with van der Waals surface area (Å²) in [5.74, 6) is 1.97. The maximum Gasteiger partial charge on any atom is 0.162 e. The second kappa shape index (κ2) is 7.59. The lowest BCUT2D eigenvalue weighted by atomic mass is 9.92. The van der Waals surface area contributed by atoms with Gasteiger partial charge in [0.15, 0.2) is 11.5 Å². The second-order valence-electron chi connectivity index (χ2n) is 7.53. The second-order valence-corrected chi connectivity index (χ2v) is 7.53. The van der Waals surface area contributed by atoms with Gasteiger partial charge in [-0.05, 0) is 32.2 Å². The maximum absolute atomic E-state index is 9.72. The predicted molar refractivity (Wildman–Crippen MR) is 116 cm³/mol. The minimum absolute atomic E-state index is 0.0536. The molecule has 3 heterocycles. The lowest BCUT2D eigenvalue weighted by Crippen LogP contribution is -2.66. The normalized spacial score (nSPS) is 14.7. The van der Waals surface area contributed by atoms with Gasteiger partial charge in [-0.15, -0.1) is 0 Å². The molecule has 2 aromatic heterocycles. The van der Waals surface area contributed by atoms with Crippen LogP contribution in [0.25, 0.3) is 22.2 Å². The molecular formula is C22H24N6O2. The zero-order valence-electron chi connectivity index (χ0n) is 17.3. The van der Waals surface area contributed by atoms with Crippen molar-refractivity contribution in [2.45, 2.75) is 19.4 Å². The average molecular weight is 404 g/mol. The first-order valence-electron chi connectivity index (χ1n) is 9.75. The van der Waals surface area contributed by atoms with E-state index in [0.29, 0.717) is 35.2 Å². The van der Waals surface area contributed by atoms with Crippen LogP contribution >= 0.6 is 0 Å². The van der Waals surface area contributed by atoms with Crippen molar-refractivity contribution in [3.05, 3.63) is 42.7 Å². The first kappa shape index (κ1) is 19.6. The highest BCUT2D eigenvalue weighted by Crippen LogP contribution is 2.37. The lowest BCUT2D eigenvalue weighted by molar-refractivity contribution is 0.311. The minimum Gasteiger partial charge on any atom is -0.493 e. The van der Waals surface area contributed by atoms with Gasteiger partial charge in [-0.3, -0.25) is 5.10 Å². The van der Waals surface area contributed by atoms with Crippen LogP contribution in [0.3, 0.4) is 0 Å². The number of aromatic nitrogens is 3. The molecule has 1 fully saturated rings. The molecule has 1 saturated heterocycles. The molecule has 1 aromatic carbocycles. The van der Waals surface area contributed by atoms with Gasteiger partial charge in [0.2, 0.25) is 0 Å². The van der Waals surface area contributed by atoms with Gasteiger partial charge in [-0.2, -0.15) is 10.4 Å². The number of benzene rings is 1. The van der Waals surface area contributed by atoms with Crippen LogP contribution in [-0.2, 0) is 0 Å². The summed E-state index contributed by atoms with van der Waals surface area (Å²) in [5.41, 5.74) is 2.76. The van der Waals surface area contributed by atoms with Crippen LogP contribution in [0.5, 0.6) is 11.5 Å². The van der Waals surface area contributed by atoms with Gasteiger partial charge in [0.05, 0.1) is 30.3 Å². The number of aromatic amines is 1. The number of nitrogens with one attached hydrogen (secondary N) is 2. The first-order valence-corrected chi connectivity index (χ1v) is 9.75. The third kappa shape index (κ3) is 3.28. The van der Waals surface area contributed by atoms with Gasteiger partial charge >= 0.3 is 0 Å². The molecule has 0 atom stereocenters. The van der Waals surface area contributed by atoms with Crippen LogP contribution in [0.4, 0.5) is 5.82 Å². The van der Waals surface area contributed by atoms with E-state index in [1.165, 1.54) is 0 Å². The molecule has 3 aromatic rings. The molecule has 0 aliphatic carbocycles. The summed E-state index contributed by atoms with van der Waals surface area (Å²) >= 11 is 0. The number of pyridine rings is 1. The van der Waals surface area contributed by atoms with Crippen molar-refractivity contribution < 1.29 is 9.47 Å². The number of H-pyrrole nitrogens is 1. The third-order valence-electron chi connectivity index (χ3n) is 5.24. The number of anilines is 1. The molecule has 2 N–H and O–H groups in total. The van der Waals surface area contributed by atoms with E-state index < -0.39 is 0 Å². The Labute approximate surface area is 175 Å². The summed E-state index contributed by atoms with van der Waals surface area (Å²) < 4.78 is 11.1. The Balaban J connectivity index is 1.70. The SMILES string of the molecule is C=CNC1(C)CN(c2ncc(-c3n[nH]c4cc(OC)c(OCC)cc34)cc2C#N)C1. The molecule has 30 heavy (non-hydrogen) atoms. The number of rotatable bonds is 7. The molecule has 0 unspecified atom stereocenters. The zero-order chi connectivity index (χ0) is 21.3. The van der Waals surface area contributed by atoms with Crippen molar-refractivity contribution in [2.24, 2.45) is 0 Å². The molecule has 0 amide bonds. The third-order valence-corrected chi connectivity index (χ3v) is 5.24. The average Bonchev–Trinajstić information content (AvgIpc) is 3.14. The maximum atomic E-state index is 9.72. The van der Waals surface area contributed by atoms with Gasteiger partial charge in [0, 0.05) is 36.3 Å². The Morgan fingerprint density at radius 2 is 2.17 bits per heavy atom. The van der Waals surface area contributed by atoms with E-state index in [4.69, 9.17) is 9.47 Å². The molecule has 0 bridgehead atoms. The van der Waals surface area contributed by atoms with Crippen molar-refractivity contribution >= 4 is 16.7 Å². The monoisotopic (exact) mass is 404 g/mol. The number of fused-ring (bicyclic) bond motifs is 1.